The van der Waals surface area contributed by atoms with Crippen molar-refractivity contribution in [3.63, 3.8) is 0 Å². The number of benzene rings is 1. The third-order valence-corrected chi connectivity index (χ3v) is 5.80. The van der Waals surface area contributed by atoms with Crippen molar-refractivity contribution in [2.24, 2.45) is 0 Å². The second kappa shape index (κ2) is 7.48. The number of pyridine rings is 1. The van der Waals surface area contributed by atoms with Crippen molar-refractivity contribution >= 4 is 44.8 Å². The molecule has 7 heteroatoms. The van der Waals surface area contributed by atoms with E-state index in [-0.39, 0.29) is 18.0 Å². The molecule has 0 unspecified atom stereocenters. The fourth-order valence-corrected chi connectivity index (χ4v) is 4.06. The number of aromatic nitrogens is 1. The number of rotatable bonds is 3. The first-order valence-electron chi connectivity index (χ1n) is 9.22. The Labute approximate surface area is 167 Å². The first kappa shape index (κ1) is 18.3. The molecule has 1 aromatic carbocycles. The molecular weight excluding hydrogens is 408 g/mol. The molecule has 0 spiro atoms. The normalized spacial score (nSPS) is 20.6. The summed E-state index contributed by atoms with van der Waals surface area (Å²) in [6.07, 6.45) is 1.82. The average Bonchev–Trinajstić information content (AvgIpc) is 2.69. The van der Waals surface area contributed by atoms with E-state index in [0.29, 0.717) is 0 Å². The second-order valence-electron chi connectivity index (χ2n) is 7.00. The molecule has 6 nitrogen and oxygen atoms in total. The van der Waals surface area contributed by atoms with Gasteiger partial charge in [0, 0.05) is 36.5 Å². The van der Waals surface area contributed by atoms with Crippen LogP contribution in [0.5, 0.6) is 0 Å². The number of carbonyl (C=O) groups is 1. The van der Waals surface area contributed by atoms with Crippen LogP contribution >= 0.6 is 15.9 Å². The summed E-state index contributed by atoms with van der Waals surface area (Å²) in [7, 11) is 1.82. The Morgan fingerprint density at radius 3 is 2.56 bits per heavy atom. The number of ether oxygens (including phenoxy) is 1. The molecule has 1 aromatic heterocycles. The van der Waals surface area contributed by atoms with Crippen molar-refractivity contribution in [1.82, 2.24) is 4.98 Å². The zero-order valence-corrected chi connectivity index (χ0v) is 17.1. The second-order valence-corrected chi connectivity index (χ2v) is 7.91. The number of carbonyl (C=O) groups excluding carboxylic acids is 1. The summed E-state index contributed by atoms with van der Waals surface area (Å²) in [5, 5.41) is 3.36. The third kappa shape index (κ3) is 3.53. The van der Waals surface area contributed by atoms with Gasteiger partial charge in [0.1, 0.15) is 11.9 Å². The van der Waals surface area contributed by atoms with Gasteiger partial charge in [-0.2, -0.15) is 0 Å². The summed E-state index contributed by atoms with van der Waals surface area (Å²) in [6.45, 7) is 3.42. The summed E-state index contributed by atoms with van der Waals surface area (Å²) in [5.74, 6) is 1.73. The largest absolute Gasteiger partial charge is 0.381 e. The van der Waals surface area contributed by atoms with Crippen LogP contribution in [0.2, 0.25) is 0 Å². The molecular formula is C20H23BrN4O2. The lowest BCUT2D eigenvalue weighted by molar-refractivity contribution is -0.119. The van der Waals surface area contributed by atoms with Gasteiger partial charge in [0.15, 0.2) is 5.82 Å². The number of likely N-dealkylation sites (N-methyl/N-ethyl adjacent to an activating group) is 1. The van der Waals surface area contributed by atoms with Gasteiger partial charge in [-0.25, -0.2) is 4.98 Å². The predicted molar refractivity (Wildman–Crippen MR) is 111 cm³/mol. The van der Waals surface area contributed by atoms with Crippen LogP contribution in [-0.2, 0) is 9.53 Å². The maximum atomic E-state index is 12.8. The Bertz CT molecular complexity index is 836. The lowest BCUT2D eigenvalue weighted by atomic mass is 10.0. The van der Waals surface area contributed by atoms with E-state index in [9.17, 15) is 4.79 Å². The number of amides is 1. The number of fused-ring (bicyclic) bond motifs is 1. The molecule has 0 saturated carbocycles. The van der Waals surface area contributed by atoms with Gasteiger partial charge in [-0.05, 0) is 56.2 Å². The molecule has 142 valence electrons. The van der Waals surface area contributed by atoms with Gasteiger partial charge in [-0.15, -0.1) is 0 Å². The standard InChI is InChI=1S/C20H23BrN4O2/c1-13-20(26)24(2)17-7-8-18(22-15-5-3-14(21)4-6-15)23-19(17)25(13)16-9-11-27-12-10-16/h3-8,13,16H,9-12H2,1-2H3,(H,22,23)/t13-/m1/s1. The van der Waals surface area contributed by atoms with Crippen LogP contribution in [-0.4, -0.2) is 43.2 Å². The zero-order chi connectivity index (χ0) is 19.0. The Balaban J connectivity index is 1.70. The van der Waals surface area contributed by atoms with Gasteiger partial charge in [-0.3, -0.25) is 4.79 Å². The van der Waals surface area contributed by atoms with Gasteiger partial charge < -0.3 is 19.9 Å². The average molecular weight is 431 g/mol. The van der Waals surface area contributed by atoms with Crippen molar-refractivity contribution in [3.8, 4) is 0 Å². The molecule has 0 aliphatic carbocycles. The molecule has 2 aromatic rings. The molecule has 3 heterocycles. The zero-order valence-electron chi connectivity index (χ0n) is 15.5. The Hall–Kier alpha value is -2.12. The maximum absolute atomic E-state index is 12.8. The van der Waals surface area contributed by atoms with Crippen LogP contribution in [0.4, 0.5) is 23.0 Å². The summed E-state index contributed by atoms with van der Waals surface area (Å²) in [4.78, 5) is 21.5. The molecule has 0 radical (unpaired) electrons. The number of hydrogen-bond acceptors (Lipinski definition) is 5. The van der Waals surface area contributed by atoms with Gasteiger partial charge in [0.25, 0.3) is 0 Å². The summed E-state index contributed by atoms with van der Waals surface area (Å²) in [6, 6.07) is 11.9. The van der Waals surface area contributed by atoms with E-state index < -0.39 is 0 Å². The highest BCUT2D eigenvalue weighted by atomic mass is 79.9. The number of nitrogens with one attached hydrogen (secondary N) is 1. The van der Waals surface area contributed by atoms with E-state index in [1.807, 2.05) is 50.4 Å². The van der Waals surface area contributed by atoms with Crippen LogP contribution in [0.25, 0.3) is 0 Å². The highest BCUT2D eigenvalue weighted by Crippen LogP contribution is 2.38. The van der Waals surface area contributed by atoms with Crippen LogP contribution in [0, 0.1) is 0 Å². The topological polar surface area (TPSA) is 57.7 Å². The van der Waals surface area contributed by atoms with Crippen molar-refractivity contribution < 1.29 is 9.53 Å². The summed E-state index contributed by atoms with van der Waals surface area (Å²) < 4.78 is 6.55. The fourth-order valence-electron chi connectivity index (χ4n) is 3.80. The molecule has 2 aliphatic heterocycles. The van der Waals surface area contributed by atoms with E-state index >= 15 is 0 Å². The molecule has 4 rings (SSSR count). The van der Waals surface area contributed by atoms with E-state index in [1.54, 1.807) is 4.90 Å². The number of halogens is 1. The number of anilines is 4. The van der Waals surface area contributed by atoms with Crippen molar-refractivity contribution in [2.45, 2.75) is 31.8 Å². The van der Waals surface area contributed by atoms with Crippen LogP contribution in [0.3, 0.4) is 0 Å². The molecule has 1 amide bonds. The Morgan fingerprint density at radius 1 is 1.15 bits per heavy atom. The van der Waals surface area contributed by atoms with Crippen LogP contribution < -0.4 is 15.1 Å². The minimum atomic E-state index is -0.235. The first-order valence-corrected chi connectivity index (χ1v) is 10.0. The number of hydrogen-bond donors (Lipinski definition) is 1. The number of nitrogens with zero attached hydrogens (tertiary/aromatic N) is 3. The molecule has 0 bridgehead atoms. The van der Waals surface area contributed by atoms with Gasteiger partial charge in [0.05, 0.1) is 5.69 Å². The lowest BCUT2D eigenvalue weighted by Gasteiger charge is -2.44. The molecule has 1 N–H and O–H groups in total. The molecule has 1 saturated heterocycles. The third-order valence-electron chi connectivity index (χ3n) is 5.27. The summed E-state index contributed by atoms with van der Waals surface area (Å²) in [5.41, 5.74) is 1.82. The minimum Gasteiger partial charge on any atom is -0.381 e. The maximum Gasteiger partial charge on any atom is 0.249 e. The monoisotopic (exact) mass is 430 g/mol. The SMILES string of the molecule is C[C@@H]1C(=O)N(C)c2ccc(Nc3ccc(Br)cc3)nc2N1C1CCOCC1. The molecule has 2 aliphatic rings. The van der Waals surface area contributed by atoms with Crippen LogP contribution in [0.15, 0.2) is 40.9 Å². The van der Waals surface area contributed by atoms with Crippen LogP contribution in [0.1, 0.15) is 19.8 Å². The highest BCUT2D eigenvalue weighted by molar-refractivity contribution is 9.10. The highest BCUT2D eigenvalue weighted by Gasteiger charge is 2.39. The Morgan fingerprint density at radius 2 is 1.85 bits per heavy atom. The van der Waals surface area contributed by atoms with Crippen molar-refractivity contribution in [1.29, 1.82) is 0 Å². The minimum absolute atomic E-state index is 0.101. The van der Waals surface area contributed by atoms with E-state index in [4.69, 9.17) is 9.72 Å². The van der Waals surface area contributed by atoms with E-state index in [2.05, 4.69) is 26.1 Å². The first-order chi connectivity index (χ1) is 13.0. The fraction of sp³-hybridized carbons (Fsp3) is 0.400. The predicted octanol–water partition coefficient (Wildman–Crippen LogP) is 3.94. The van der Waals surface area contributed by atoms with E-state index in [0.717, 1.165) is 53.5 Å². The Kier molecular flexibility index (Phi) is 5.06. The molecule has 1 fully saturated rings. The smallest absolute Gasteiger partial charge is 0.249 e. The van der Waals surface area contributed by atoms with Gasteiger partial charge in [-0.1, -0.05) is 15.9 Å². The van der Waals surface area contributed by atoms with E-state index in [1.165, 1.54) is 0 Å². The molecule has 27 heavy (non-hydrogen) atoms. The van der Waals surface area contributed by atoms with Gasteiger partial charge >= 0.3 is 0 Å². The molecule has 1 atom stereocenters. The van der Waals surface area contributed by atoms with Gasteiger partial charge in [0.2, 0.25) is 5.91 Å². The summed E-state index contributed by atoms with van der Waals surface area (Å²) >= 11 is 3.45. The lowest BCUT2D eigenvalue weighted by Crippen LogP contribution is -2.56. The van der Waals surface area contributed by atoms with Crippen molar-refractivity contribution in [2.75, 3.05) is 35.4 Å². The van der Waals surface area contributed by atoms with Crippen molar-refractivity contribution in [3.05, 3.63) is 40.9 Å². The quantitative estimate of drug-likeness (QED) is 0.798.